The molecule has 3 unspecified atom stereocenters. The molecule has 0 aromatic rings. The van der Waals surface area contributed by atoms with Gasteiger partial charge in [-0.3, -0.25) is 0 Å². The molecule has 0 heterocycles. The molecule has 3 atom stereocenters. The summed E-state index contributed by atoms with van der Waals surface area (Å²) in [5, 5.41) is 0. The van der Waals surface area contributed by atoms with Crippen LogP contribution in [-0.2, 0) is 0 Å². The summed E-state index contributed by atoms with van der Waals surface area (Å²) in [7, 11) is 0. The predicted octanol–water partition coefficient (Wildman–Crippen LogP) is 4.49. The fourth-order valence-electron chi connectivity index (χ4n) is 2.80. The molecule has 13 heavy (non-hydrogen) atoms. The molecule has 78 valence electrons. The van der Waals surface area contributed by atoms with E-state index in [1.54, 1.807) is 0 Å². The van der Waals surface area contributed by atoms with Crippen LogP contribution in [0.2, 0.25) is 0 Å². The van der Waals surface area contributed by atoms with Gasteiger partial charge in [0.1, 0.15) is 0 Å². The Morgan fingerprint density at radius 3 is 2.15 bits per heavy atom. The summed E-state index contributed by atoms with van der Waals surface area (Å²) in [5.41, 5.74) is 0. The Morgan fingerprint density at radius 1 is 0.923 bits per heavy atom. The first-order valence-electron chi connectivity index (χ1n) is 6.13. The Hall–Kier alpha value is 0. The van der Waals surface area contributed by atoms with E-state index in [9.17, 15) is 0 Å². The van der Waals surface area contributed by atoms with Crippen LogP contribution in [0.1, 0.15) is 59.8 Å². The topological polar surface area (TPSA) is 0 Å². The first kappa shape index (κ1) is 11.1. The molecule has 0 radical (unpaired) electrons. The van der Waals surface area contributed by atoms with Crippen LogP contribution in [0, 0.1) is 23.7 Å². The lowest BCUT2D eigenvalue weighted by atomic mass is 9.75. The minimum Gasteiger partial charge on any atom is -0.0625 e. The molecule has 1 aliphatic carbocycles. The SMILES string of the molecule is CC(C)C(C)C1CCCCCC1C. The van der Waals surface area contributed by atoms with E-state index in [4.69, 9.17) is 0 Å². The highest BCUT2D eigenvalue weighted by molar-refractivity contribution is 4.76. The van der Waals surface area contributed by atoms with Crippen molar-refractivity contribution >= 4 is 0 Å². The zero-order chi connectivity index (χ0) is 9.84. The minimum atomic E-state index is 0.866. The minimum absolute atomic E-state index is 0.866. The standard InChI is InChI=1S/C13H26/c1-10(2)12(4)13-9-7-5-6-8-11(13)3/h10-13H,5-9H2,1-4H3. The van der Waals surface area contributed by atoms with Crippen molar-refractivity contribution in [2.75, 3.05) is 0 Å². The van der Waals surface area contributed by atoms with Crippen molar-refractivity contribution in [3.05, 3.63) is 0 Å². The van der Waals surface area contributed by atoms with Gasteiger partial charge in [-0.2, -0.15) is 0 Å². The molecule has 1 fully saturated rings. The molecule has 0 aliphatic heterocycles. The van der Waals surface area contributed by atoms with E-state index < -0.39 is 0 Å². The molecule has 0 N–H and O–H groups in total. The van der Waals surface area contributed by atoms with Crippen molar-refractivity contribution in [3.8, 4) is 0 Å². The van der Waals surface area contributed by atoms with E-state index in [0.717, 1.165) is 23.7 Å². The van der Waals surface area contributed by atoms with Crippen LogP contribution in [0.25, 0.3) is 0 Å². The molecule has 0 amide bonds. The molecule has 0 aromatic heterocycles. The molecule has 0 heteroatoms. The summed E-state index contributed by atoms with van der Waals surface area (Å²) in [6.07, 6.45) is 7.39. The second-order valence-corrected chi connectivity index (χ2v) is 5.38. The second kappa shape index (κ2) is 5.02. The van der Waals surface area contributed by atoms with Gasteiger partial charge in [0.15, 0.2) is 0 Å². The van der Waals surface area contributed by atoms with Crippen LogP contribution in [0.3, 0.4) is 0 Å². The van der Waals surface area contributed by atoms with E-state index in [1.807, 2.05) is 0 Å². The van der Waals surface area contributed by atoms with Gasteiger partial charge in [0, 0.05) is 0 Å². The van der Waals surface area contributed by atoms with Crippen LogP contribution >= 0.6 is 0 Å². The fraction of sp³-hybridized carbons (Fsp3) is 1.00. The van der Waals surface area contributed by atoms with Crippen LogP contribution in [0.5, 0.6) is 0 Å². The lowest BCUT2D eigenvalue weighted by Crippen LogP contribution is -2.22. The van der Waals surface area contributed by atoms with Crippen molar-refractivity contribution in [3.63, 3.8) is 0 Å². The van der Waals surface area contributed by atoms with Crippen molar-refractivity contribution in [1.29, 1.82) is 0 Å². The molecule has 1 saturated carbocycles. The molecule has 1 aliphatic rings. The number of hydrogen-bond donors (Lipinski definition) is 0. The molecule has 0 bridgehead atoms. The highest BCUT2D eigenvalue weighted by atomic mass is 14.3. The quantitative estimate of drug-likeness (QED) is 0.552. The highest BCUT2D eigenvalue weighted by Crippen LogP contribution is 2.36. The Balaban J connectivity index is 2.53. The monoisotopic (exact) mass is 182 g/mol. The maximum absolute atomic E-state index is 2.47. The summed E-state index contributed by atoms with van der Waals surface area (Å²) >= 11 is 0. The molecule has 0 aromatic carbocycles. The van der Waals surface area contributed by atoms with Gasteiger partial charge in [0.05, 0.1) is 0 Å². The van der Waals surface area contributed by atoms with Crippen LogP contribution < -0.4 is 0 Å². The van der Waals surface area contributed by atoms with E-state index in [-0.39, 0.29) is 0 Å². The van der Waals surface area contributed by atoms with Gasteiger partial charge in [-0.15, -0.1) is 0 Å². The summed E-state index contributed by atoms with van der Waals surface area (Å²) in [6.45, 7) is 9.68. The van der Waals surface area contributed by atoms with Crippen LogP contribution in [0.15, 0.2) is 0 Å². The predicted molar refractivity (Wildman–Crippen MR) is 59.7 cm³/mol. The van der Waals surface area contributed by atoms with Gasteiger partial charge in [-0.25, -0.2) is 0 Å². The van der Waals surface area contributed by atoms with E-state index in [1.165, 1.54) is 32.1 Å². The number of rotatable bonds is 2. The summed E-state index contributed by atoms with van der Waals surface area (Å²) in [6, 6.07) is 0. The maximum atomic E-state index is 2.47. The van der Waals surface area contributed by atoms with Gasteiger partial charge in [0.2, 0.25) is 0 Å². The van der Waals surface area contributed by atoms with Crippen molar-refractivity contribution in [2.45, 2.75) is 59.8 Å². The van der Waals surface area contributed by atoms with Gasteiger partial charge >= 0.3 is 0 Å². The Labute approximate surface area is 84.1 Å². The molecular weight excluding hydrogens is 156 g/mol. The summed E-state index contributed by atoms with van der Waals surface area (Å²) in [5.74, 6) is 3.76. The normalized spacial score (nSPS) is 33.0. The van der Waals surface area contributed by atoms with Gasteiger partial charge < -0.3 is 0 Å². The molecule has 0 nitrogen and oxygen atoms in total. The van der Waals surface area contributed by atoms with E-state index in [2.05, 4.69) is 27.7 Å². The van der Waals surface area contributed by atoms with E-state index in [0.29, 0.717) is 0 Å². The lowest BCUT2D eigenvalue weighted by Gasteiger charge is -2.30. The van der Waals surface area contributed by atoms with Crippen molar-refractivity contribution in [1.82, 2.24) is 0 Å². The van der Waals surface area contributed by atoms with Crippen LogP contribution in [-0.4, -0.2) is 0 Å². The molecule has 1 rings (SSSR count). The Kier molecular flexibility index (Phi) is 4.28. The third-order valence-corrected chi connectivity index (χ3v) is 4.15. The van der Waals surface area contributed by atoms with Crippen molar-refractivity contribution in [2.24, 2.45) is 23.7 Å². The zero-order valence-corrected chi connectivity index (χ0v) is 9.84. The molecule has 0 saturated heterocycles. The Bertz CT molecular complexity index is 137. The van der Waals surface area contributed by atoms with Gasteiger partial charge in [-0.05, 0) is 30.1 Å². The summed E-state index contributed by atoms with van der Waals surface area (Å²) < 4.78 is 0. The first-order chi connectivity index (χ1) is 6.13. The average Bonchev–Trinajstić information content (AvgIpc) is 2.28. The van der Waals surface area contributed by atoms with Gasteiger partial charge in [-0.1, -0.05) is 53.4 Å². The largest absolute Gasteiger partial charge is 0.0625 e. The van der Waals surface area contributed by atoms with Crippen LogP contribution in [0.4, 0.5) is 0 Å². The lowest BCUT2D eigenvalue weighted by molar-refractivity contribution is 0.193. The third kappa shape index (κ3) is 3.00. The van der Waals surface area contributed by atoms with Gasteiger partial charge in [0.25, 0.3) is 0 Å². The number of hydrogen-bond acceptors (Lipinski definition) is 0. The molecular formula is C13H26. The zero-order valence-electron chi connectivity index (χ0n) is 9.84. The smallest absolute Gasteiger partial charge is 0.0360 e. The first-order valence-corrected chi connectivity index (χ1v) is 6.13. The third-order valence-electron chi connectivity index (χ3n) is 4.15. The summed E-state index contributed by atoms with van der Waals surface area (Å²) in [4.78, 5) is 0. The fourth-order valence-corrected chi connectivity index (χ4v) is 2.80. The van der Waals surface area contributed by atoms with Crippen molar-refractivity contribution < 1.29 is 0 Å². The Morgan fingerprint density at radius 2 is 1.54 bits per heavy atom. The maximum Gasteiger partial charge on any atom is -0.0360 e. The van der Waals surface area contributed by atoms with E-state index >= 15 is 0 Å². The molecule has 0 spiro atoms. The average molecular weight is 182 g/mol. The highest BCUT2D eigenvalue weighted by Gasteiger charge is 2.26. The second-order valence-electron chi connectivity index (χ2n) is 5.38.